The van der Waals surface area contributed by atoms with Gasteiger partial charge in [-0.3, -0.25) is 0 Å². The lowest BCUT2D eigenvalue weighted by molar-refractivity contribution is 1.02. The van der Waals surface area contributed by atoms with E-state index < -0.39 is 0 Å². The van der Waals surface area contributed by atoms with Crippen LogP contribution in [0, 0.1) is 6.92 Å². The van der Waals surface area contributed by atoms with Crippen LogP contribution in [-0.4, -0.2) is 0 Å². The first-order valence-electron chi connectivity index (χ1n) is 4.76. The molecule has 0 aliphatic rings. The van der Waals surface area contributed by atoms with Crippen molar-refractivity contribution in [2.24, 2.45) is 11.5 Å². The first-order chi connectivity index (χ1) is 6.26. The maximum atomic E-state index is 5.50. The number of hydrogen-bond acceptors (Lipinski definition) is 2. The fourth-order valence-electron chi connectivity index (χ4n) is 1.18. The highest BCUT2D eigenvalue weighted by atomic mass is 14.5. The van der Waals surface area contributed by atoms with E-state index in [9.17, 15) is 0 Å². The van der Waals surface area contributed by atoms with E-state index in [0.29, 0.717) is 13.1 Å². The van der Waals surface area contributed by atoms with Gasteiger partial charge in [-0.1, -0.05) is 37.6 Å². The monoisotopic (exact) mass is 180 g/mol. The van der Waals surface area contributed by atoms with Crippen LogP contribution >= 0.6 is 0 Å². The summed E-state index contributed by atoms with van der Waals surface area (Å²) in [6.07, 6.45) is 0. The van der Waals surface area contributed by atoms with Gasteiger partial charge in [-0.05, 0) is 18.1 Å². The topological polar surface area (TPSA) is 52.0 Å². The first-order valence-corrected chi connectivity index (χ1v) is 4.76. The molecule has 0 fully saturated rings. The van der Waals surface area contributed by atoms with Gasteiger partial charge >= 0.3 is 0 Å². The van der Waals surface area contributed by atoms with Gasteiger partial charge in [-0.2, -0.15) is 0 Å². The lowest BCUT2D eigenvalue weighted by Gasteiger charge is -2.02. The molecule has 0 radical (unpaired) electrons. The molecular formula is C11H20N2. The average Bonchev–Trinajstić information content (AvgIpc) is 2.20. The summed E-state index contributed by atoms with van der Waals surface area (Å²) in [7, 11) is 0. The van der Waals surface area contributed by atoms with E-state index in [2.05, 4.69) is 19.1 Å². The molecule has 13 heavy (non-hydrogen) atoms. The number of benzene rings is 1. The van der Waals surface area contributed by atoms with Crippen LogP contribution in [0.15, 0.2) is 18.2 Å². The van der Waals surface area contributed by atoms with E-state index in [4.69, 9.17) is 11.5 Å². The van der Waals surface area contributed by atoms with Gasteiger partial charge in [-0.25, -0.2) is 0 Å². The number of rotatable bonds is 2. The van der Waals surface area contributed by atoms with Gasteiger partial charge in [0.1, 0.15) is 0 Å². The standard InChI is InChI=1S/C9H14N2.C2H6/c1-7-2-8(5-10)4-9(3-7)6-11;1-2/h2-4H,5-6,10-11H2,1H3;1-2H3. The van der Waals surface area contributed by atoms with Crippen LogP contribution < -0.4 is 11.5 Å². The maximum Gasteiger partial charge on any atom is 0.0178 e. The van der Waals surface area contributed by atoms with Gasteiger partial charge in [0.05, 0.1) is 0 Å². The van der Waals surface area contributed by atoms with E-state index >= 15 is 0 Å². The van der Waals surface area contributed by atoms with Gasteiger partial charge in [0.15, 0.2) is 0 Å². The predicted molar refractivity (Wildman–Crippen MR) is 58.3 cm³/mol. The van der Waals surface area contributed by atoms with E-state index in [0.717, 1.165) is 11.1 Å². The summed E-state index contributed by atoms with van der Waals surface area (Å²) >= 11 is 0. The van der Waals surface area contributed by atoms with Crippen LogP contribution in [0.5, 0.6) is 0 Å². The van der Waals surface area contributed by atoms with Crippen molar-refractivity contribution in [2.75, 3.05) is 0 Å². The van der Waals surface area contributed by atoms with E-state index in [1.165, 1.54) is 5.56 Å². The Hall–Kier alpha value is -0.860. The Balaban J connectivity index is 0.000000671. The Bertz CT molecular complexity index is 222. The van der Waals surface area contributed by atoms with Gasteiger partial charge in [0, 0.05) is 13.1 Å². The molecule has 0 bridgehead atoms. The lowest BCUT2D eigenvalue weighted by atomic mass is 10.1. The average molecular weight is 180 g/mol. The molecule has 0 aliphatic carbocycles. The van der Waals surface area contributed by atoms with Crippen LogP contribution in [-0.2, 0) is 13.1 Å². The molecule has 0 unspecified atom stereocenters. The van der Waals surface area contributed by atoms with Crippen molar-refractivity contribution in [1.29, 1.82) is 0 Å². The highest BCUT2D eigenvalue weighted by molar-refractivity contribution is 5.29. The molecule has 0 saturated carbocycles. The molecule has 0 amide bonds. The molecule has 0 atom stereocenters. The van der Waals surface area contributed by atoms with Gasteiger partial charge in [-0.15, -0.1) is 0 Å². The Kier molecular flexibility index (Phi) is 6.20. The van der Waals surface area contributed by atoms with Crippen molar-refractivity contribution in [3.63, 3.8) is 0 Å². The zero-order chi connectivity index (χ0) is 10.3. The minimum Gasteiger partial charge on any atom is -0.326 e. The molecule has 4 N–H and O–H groups in total. The minimum absolute atomic E-state index is 0.592. The summed E-state index contributed by atoms with van der Waals surface area (Å²) < 4.78 is 0. The summed E-state index contributed by atoms with van der Waals surface area (Å²) in [5, 5.41) is 0. The summed E-state index contributed by atoms with van der Waals surface area (Å²) in [6.45, 7) is 7.24. The molecule has 0 spiro atoms. The molecule has 74 valence electrons. The fraction of sp³-hybridized carbons (Fsp3) is 0.455. The van der Waals surface area contributed by atoms with E-state index in [1.54, 1.807) is 0 Å². The molecule has 0 aliphatic heterocycles. The number of aryl methyl sites for hydroxylation is 1. The molecule has 2 nitrogen and oxygen atoms in total. The number of hydrogen-bond donors (Lipinski definition) is 2. The van der Waals surface area contributed by atoms with E-state index in [1.807, 2.05) is 19.9 Å². The van der Waals surface area contributed by atoms with Crippen molar-refractivity contribution in [2.45, 2.75) is 33.9 Å². The third-order valence-electron chi connectivity index (χ3n) is 1.67. The van der Waals surface area contributed by atoms with Crippen molar-refractivity contribution in [3.8, 4) is 0 Å². The number of nitrogens with two attached hydrogens (primary N) is 2. The molecular weight excluding hydrogens is 160 g/mol. The Morgan fingerprint density at radius 2 is 1.31 bits per heavy atom. The summed E-state index contributed by atoms with van der Waals surface area (Å²) in [4.78, 5) is 0. The summed E-state index contributed by atoms with van der Waals surface area (Å²) in [5.41, 5.74) is 14.5. The highest BCUT2D eigenvalue weighted by Crippen LogP contribution is 2.08. The largest absolute Gasteiger partial charge is 0.326 e. The molecule has 0 aromatic heterocycles. The quantitative estimate of drug-likeness (QED) is 0.730. The molecule has 2 heteroatoms. The predicted octanol–water partition coefficient (Wildman–Crippen LogP) is 1.94. The Morgan fingerprint density at radius 3 is 1.62 bits per heavy atom. The highest BCUT2D eigenvalue weighted by Gasteiger charge is 1.94. The van der Waals surface area contributed by atoms with Crippen molar-refractivity contribution >= 4 is 0 Å². The molecule has 1 aromatic carbocycles. The van der Waals surface area contributed by atoms with E-state index in [-0.39, 0.29) is 0 Å². The Morgan fingerprint density at radius 1 is 0.923 bits per heavy atom. The lowest BCUT2D eigenvalue weighted by Crippen LogP contribution is -2.01. The zero-order valence-corrected chi connectivity index (χ0v) is 8.80. The third kappa shape index (κ3) is 4.06. The second-order valence-electron chi connectivity index (χ2n) is 2.74. The van der Waals surface area contributed by atoms with Crippen LogP contribution in [0.3, 0.4) is 0 Å². The third-order valence-corrected chi connectivity index (χ3v) is 1.67. The van der Waals surface area contributed by atoms with Gasteiger partial charge < -0.3 is 11.5 Å². The van der Waals surface area contributed by atoms with Crippen LogP contribution in [0.1, 0.15) is 30.5 Å². The fourth-order valence-corrected chi connectivity index (χ4v) is 1.18. The van der Waals surface area contributed by atoms with Crippen LogP contribution in [0.2, 0.25) is 0 Å². The molecule has 1 aromatic rings. The second kappa shape index (κ2) is 6.63. The SMILES string of the molecule is CC.Cc1cc(CN)cc(CN)c1. The second-order valence-corrected chi connectivity index (χ2v) is 2.74. The normalized spacial score (nSPS) is 9.00. The van der Waals surface area contributed by atoms with Crippen LogP contribution in [0.25, 0.3) is 0 Å². The molecule has 0 saturated heterocycles. The minimum atomic E-state index is 0.592. The van der Waals surface area contributed by atoms with Crippen molar-refractivity contribution in [1.82, 2.24) is 0 Å². The molecule has 1 rings (SSSR count). The van der Waals surface area contributed by atoms with Crippen molar-refractivity contribution < 1.29 is 0 Å². The van der Waals surface area contributed by atoms with Gasteiger partial charge in [0.2, 0.25) is 0 Å². The Labute approximate surface area is 80.9 Å². The molecule has 0 heterocycles. The summed E-state index contributed by atoms with van der Waals surface area (Å²) in [5.74, 6) is 0. The first kappa shape index (κ1) is 12.1. The van der Waals surface area contributed by atoms with Gasteiger partial charge in [0.25, 0.3) is 0 Å². The zero-order valence-electron chi connectivity index (χ0n) is 8.80. The van der Waals surface area contributed by atoms with Crippen molar-refractivity contribution in [3.05, 3.63) is 34.9 Å². The smallest absolute Gasteiger partial charge is 0.0178 e. The van der Waals surface area contributed by atoms with Crippen LogP contribution in [0.4, 0.5) is 0 Å². The maximum absolute atomic E-state index is 5.50. The summed E-state index contributed by atoms with van der Waals surface area (Å²) in [6, 6.07) is 6.21.